The molecule has 3 nitrogen and oxygen atoms in total. The molecule has 2 amide bonds. The van der Waals surface area contributed by atoms with Gasteiger partial charge in [0.2, 0.25) is 0 Å². The van der Waals surface area contributed by atoms with Gasteiger partial charge in [-0.3, -0.25) is 0 Å². The number of amides is 2. The standard InChI is InChI=1S/C21H23ClN2O/c1-4-14-24(15-18-10-7-8-13-19(18)22)21(25)23-20-16(5-2)11-9-12-17(20)6-3/h1,7-13H,5-6,14-15H2,2-3H3,(H,23,25). The van der Waals surface area contributed by atoms with E-state index in [1.54, 1.807) is 4.90 Å². The minimum atomic E-state index is -0.214. The van der Waals surface area contributed by atoms with Crippen molar-refractivity contribution in [2.75, 3.05) is 11.9 Å². The summed E-state index contributed by atoms with van der Waals surface area (Å²) >= 11 is 6.22. The van der Waals surface area contributed by atoms with E-state index in [1.165, 1.54) is 0 Å². The molecule has 1 N–H and O–H groups in total. The molecule has 2 rings (SSSR count). The Hall–Kier alpha value is -2.44. The molecule has 4 heteroatoms. The largest absolute Gasteiger partial charge is 0.322 e. The van der Waals surface area contributed by atoms with Crippen LogP contribution in [0.3, 0.4) is 0 Å². The molecule has 2 aromatic carbocycles. The Morgan fingerprint density at radius 3 is 2.24 bits per heavy atom. The molecular weight excluding hydrogens is 332 g/mol. The molecule has 0 spiro atoms. The van der Waals surface area contributed by atoms with E-state index in [2.05, 4.69) is 25.1 Å². The highest BCUT2D eigenvalue weighted by atomic mass is 35.5. The molecule has 25 heavy (non-hydrogen) atoms. The van der Waals surface area contributed by atoms with E-state index in [-0.39, 0.29) is 12.6 Å². The van der Waals surface area contributed by atoms with Crippen molar-refractivity contribution in [2.24, 2.45) is 0 Å². The number of hydrogen-bond donors (Lipinski definition) is 1. The van der Waals surface area contributed by atoms with Crippen LogP contribution in [0.25, 0.3) is 0 Å². The molecule has 0 saturated carbocycles. The summed E-state index contributed by atoms with van der Waals surface area (Å²) in [5.74, 6) is 2.55. The van der Waals surface area contributed by atoms with E-state index in [0.29, 0.717) is 11.6 Å². The molecule has 0 saturated heterocycles. The first-order chi connectivity index (χ1) is 12.1. The first-order valence-corrected chi connectivity index (χ1v) is 8.82. The number of aryl methyl sites for hydroxylation is 2. The van der Waals surface area contributed by atoms with Crippen LogP contribution in [-0.2, 0) is 19.4 Å². The van der Waals surface area contributed by atoms with Crippen LogP contribution < -0.4 is 5.32 Å². The average Bonchev–Trinajstić information content (AvgIpc) is 2.63. The summed E-state index contributed by atoms with van der Waals surface area (Å²) in [6.45, 7) is 4.74. The van der Waals surface area contributed by atoms with Crippen LogP contribution in [0.15, 0.2) is 42.5 Å². The van der Waals surface area contributed by atoms with Gasteiger partial charge in [0.05, 0.1) is 6.54 Å². The maximum atomic E-state index is 12.8. The van der Waals surface area contributed by atoms with Crippen molar-refractivity contribution in [3.63, 3.8) is 0 Å². The number of nitrogens with zero attached hydrogens (tertiary/aromatic N) is 1. The number of halogens is 1. The number of carbonyl (C=O) groups excluding carboxylic acids is 1. The summed E-state index contributed by atoms with van der Waals surface area (Å²) < 4.78 is 0. The number of hydrogen-bond acceptors (Lipinski definition) is 1. The van der Waals surface area contributed by atoms with Gasteiger partial charge in [-0.05, 0) is 35.6 Å². The second-order valence-electron chi connectivity index (χ2n) is 5.74. The first-order valence-electron chi connectivity index (χ1n) is 8.44. The van der Waals surface area contributed by atoms with Gasteiger partial charge in [0.1, 0.15) is 0 Å². The molecule has 2 aromatic rings. The Labute approximate surface area is 155 Å². The minimum absolute atomic E-state index is 0.214. The number of benzene rings is 2. The number of terminal acetylenes is 1. The van der Waals surface area contributed by atoms with Gasteiger partial charge in [0.25, 0.3) is 0 Å². The number of rotatable bonds is 6. The third-order valence-corrected chi connectivity index (χ3v) is 4.49. The van der Waals surface area contributed by atoms with E-state index in [9.17, 15) is 4.79 Å². The second-order valence-corrected chi connectivity index (χ2v) is 6.15. The van der Waals surface area contributed by atoms with Gasteiger partial charge in [0, 0.05) is 17.3 Å². The zero-order valence-corrected chi connectivity index (χ0v) is 15.4. The molecular formula is C21H23ClN2O. The first kappa shape index (κ1) is 18.9. The molecule has 0 unspecified atom stereocenters. The summed E-state index contributed by atoms with van der Waals surface area (Å²) in [6, 6.07) is 13.4. The average molecular weight is 355 g/mol. The third kappa shape index (κ3) is 4.78. The molecule has 0 radical (unpaired) electrons. The topological polar surface area (TPSA) is 32.3 Å². The van der Waals surface area contributed by atoms with Crippen LogP contribution in [0, 0.1) is 12.3 Å². The Bertz CT molecular complexity index is 757. The summed E-state index contributed by atoms with van der Waals surface area (Å²) in [5.41, 5.74) is 3.99. The van der Waals surface area contributed by atoms with Crippen molar-refractivity contribution >= 4 is 23.3 Å². The van der Waals surface area contributed by atoms with E-state index in [4.69, 9.17) is 18.0 Å². The molecule has 0 aliphatic carbocycles. The van der Waals surface area contributed by atoms with Crippen molar-refractivity contribution < 1.29 is 4.79 Å². The van der Waals surface area contributed by atoms with Crippen LogP contribution in [0.2, 0.25) is 5.02 Å². The molecule has 0 fully saturated rings. The smallest absolute Gasteiger partial charge is 0.309 e. The monoisotopic (exact) mass is 354 g/mol. The van der Waals surface area contributed by atoms with E-state index >= 15 is 0 Å². The van der Waals surface area contributed by atoms with Gasteiger partial charge in [-0.2, -0.15) is 0 Å². The molecule has 0 aliphatic heterocycles. The molecule has 0 aliphatic rings. The summed E-state index contributed by atoms with van der Waals surface area (Å²) in [5, 5.41) is 3.68. The van der Waals surface area contributed by atoms with Crippen molar-refractivity contribution in [2.45, 2.75) is 33.2 Å². The lowest BCUT2D eigenvalue weighted by molar-refractivity contribution is 0.216. The van der Waals surface area contributed by atoms with Crippen LogP contribution in [0.4, 0.5) is 10.5 Å². The maximum absolute atomic E-state index is 12.8. The number of nitrogens with one attached hydrogen (secondary N) is 1. The summed E-state index contributed by atoms with van der Waals surface area (Å²) in [7, 11) is 0. The Balaban J connectivity index is 2.25. The normalized spacial score (nSPS) is 10.2. The van der Waals surface area contributed by atoms with Gasteiger partial charge in [-0.15, -0.1) is 6.42 Å². The van der Waals surface area contributed by atoms with Crippen LogP contribution >= 0.6 is 11.6 Å². The van der Waals surface area contributed by atoms with E-state index in [1.807, 2.05) is 42.5 Å². The fraction of sp³-hybridized carbons (Fsp3) is 0.286. The zero-order chi connectivity index (χ0) is 18.2. The highest BCUT2D eigenvalue weighted by Gasteiger charge is 2.17. The molecule has 0 aromatic heterocycles. The van der Waals surface area contributed by atoms with Crippen molar-refractivity contribution in [3.8, 4) is 12.3 Å². The molecule has 0 bridgehead atoms. The molecule has 130 valence electrons. The van der Waals surface area contributed by atoms with Crippen LogP contribution in [-0.4, -0.2) is 17.5 Å². The van der Waals surface area contributed by atoms with Gasteiger partial charge in [-0.25, -0.2) is 4.79 Å². The van der Waals surface area contributed by atoms with Crippen LogP contribution in [0.5, 0.6) is 0 Å². The SMILES string of the molecule is C#CCN(Cc1ccccc1Cl)C(=O)Nc1c(CC)cccc1CC. The minimum Gasteiger partial charge on any atom is -0.309 e. The zero-order valence-electron chi connectivity index (χ0n) is 14.7. The highest BCUT2D eigenvalue weighted by molar-refractivity contribution is 6.31. The lowest BCUT2D eigenvalue weighted by atomic mass is 10.0. The third-order valence-electron chi connectivity index (χ3n) is 4.12. The fourth-order valence-electron chi connectivity index (χ4n) is 2.73. The number of anilines is 1. The predicted molar refractivity (Wildman–Crippen MR) is 105 cm³/mol. The van der Waals surface area contributed by atoms with Crippen molar-refractivity contribution in [1.29, 1.82) is 0 Å². The second kappa shape index (κ2) is 9.15. The lowest BCUT2D eigenvalue weighted by Crippen LogP contribution is -2.35. The van der Waals surface area contributed by atoms with Gasteiger partial charge < -0.3 is 10.2 Å². The quantitative estimate of drug-likeness (QED) is 0.716. The summed E-state index contributed by atoms with van der Waals surface area (Å²) in [6.07, 6.45) is 7.16. The molecule has 0 heterocycles. The van der Waals surface area contributed by atoms with Crippen LogP contribution in [0.1, 0.15) is 30.5 Å². The number of carbonyl (C=O) groups is 1. The number of para-hydroxylation sites is 1. The van der Waals surface area contributed by atoms with Gasteiger partial charge in [-0.1, -0.05) is 67.8 Å². The molecule has 0 atom stereocenters. The van der Waals surface area contributed by atoms with E-state index < -0.39 is 0 Å². The Kier molecular flexibility index (Phi) is 6.91. The maximum Gasteiger partial charge on any atom is 0.322 e. The van der Waals surface area contributed by atoms with Gasteiger partial charge >= 0.3 is 6.03 Å². The summed E-state index contributed by atoms with van der Waals surface area (Å²) in [4.78, 5) is 14.4. The van der Waals surface area contributed by atoms with Crippen molar-refractivity contribution in [1.82, 2.24) is 4.90 Å². The Morgan fingerprint density at radius 2 is 1.68 bits per heavy atom. The van der Waals surface area contributed by atoms with E-state index in [0.717, 1.165) is 35.2 Å². The highest BCUT2D eigenvalue weighted by Crippen LogP contribution is 2.24. The van der Waals surface area contributed by atoms with Gasteiger partial charge in [0.15, 0.2) is 0 Å². The number of urea groups is 1. The lowest BCUT2D eigenvalue weighted by Gasteiger charge is -2.23. The Morgan fingerprint density at radius 1 is 1.08 bits per heavy atom. The fourth-order valence-corrected chi connectivity index (χ4v) is 2.93. The van der Waals surface area contributed by atoms with Crippen molar-refractivity contribution in [3.05, 3.63) is 64.2 Å². The predicted octanol–water partition coefficient (Wildman–Crippen LogP) is 5.13.